The molecule has 0 heterocycles. The molecule has 0 fully saturated rings. The maximum Gasteiger partial charge on any atom is 0.123 e. The van der Waals surface area contributed by atoms with E-state index in [1.807, 2.05) is 60.7 Å². The monoisotopic (exact) mass is 534 g/mol. The van der Waals surface area contributed by atoms with Crippen LogP contribution < -0.4 is 9.47 Å². The number of aromatic hydroxyl groups is 4. The Labute approximate surface area is 233 Å². The van der Waals surface area contributed by atoms with Crippen molar-refractivity contribution in [1.29, 1.82) is 0 Å². The summed E-state index contributed by atoms with van der Waals surface area (Å²) in [4.78, 5) is 0. The zero-order valence-electron chi connectivity index (χ0n) is 22.2. The minimum atomic E-state index is -0.292. The summed E-state index contributed by atoms with van der Waals surface area (Å²) >= 11 is 0. The van der Waals surface area contributed by atoms with Gasteiger partial charge in [0.05, 0.1) is 14.2 Å². The minimum Gasteiger partial charge on any atom is -0.508 e. The highest BCUT2D eigenvalue weighted by Gasteiger charge is 2.27. The van der Waals surface area contributed by atoms with Crippen molar-refractivity contribution in [3.8, 4) is 34.5 Å². The molecule has 0 radical (unpaired) electrons. The third-order valence-corrected chi connectivity index (χ3v) is 7.11. The second kappa shape index (κ2) is 11.3. The number of benzene rings is 5. The van der Waals surface area contributed by atoms with E-state index in [-0.39, 0.29) is 34.8 Å². The fourth-order valence-electron chi connectivity index (χ4n) is 5.17. The van der Waals surface area contributed by atoms with Gasteiger partial charge in [0, 0.05) is 23.0 Å². The largest absolute Gasteiger partial charge is 0.508 e. The molecule has 0 amide bonds. The van der Waals surface area contributed by atoms with Gasteiger partial charge in [0.1, 0.15) is 34.5 Å². The second-order valence-corrected chi connectivity index (χ2v) is 9.57. The van der Waals surface area contributed by atoms with E-state index < -0.39 is 0 Å². The van der Waals surface area contributed by atoms with E-state index in [0.717, 1.165) is 33.4 Å². The Kier molecular flexibility index (Phi) is 7.51. The van der Waals surface area contributed by atoms with Gasteiger partial charge in [0.25, 0.3) is 0 Å². The van der Waals surface area contributed by atoms with Gasteiger partial charge in [-0.15, -0.1) is 0 Å². The third kappa shape index (κ3) is 5.38. The first-order valence-corrected chi connectivity index (χ1v) is 12.8. The summed E-state index contributed by atoms with van der Waals surface area (Å²) < 4.78 is 12.0. The number of ether oxygens (including phenoxy) is 2. The summed E-state index contributed by atoms with van der Waals surface area (Å²) in [6.45, 7) is 0. The molecule has 5 aromatic carbocycles. The van der Waals surface area contributed by atoms with E-state index in [0.29, 0.717) is 11.5 Å². The van der Waals surface area contributed by atoms with Gasteiger partial charge in [0.15, 0.2) is 0 Å². The van der Waals surface area contributed by atoms with Crippen LogP contribution in [0.3, 0.4) is 0 Å². The molecular formula is C34H30O6. The number of hydrogen-bond donors (Lipinski definition) is 4. The van der Waals surface area contributed by atoms with Crippen LogP contribution in [0.1, 0.15) is 45.2 Å². The Morgan fingerprint density at radius 3 is 0.825 bits per heavy atom. The standard InChI is InChI=1S/C34H30O6/c1-39-31-19-30(34(23-7-15-27(37)16-8-23)24-9-17-28(38)18-10-24)32(40-2)20-29(31)33(21-3-11-25(35)12-4-21)22-5-13-26(36)14-6-22/h3-20,33-38H,1-2H3. The van der Waals surface area contributed by atoms with Crippen LogP contribution in [0.4, 0.5) is 0 Å². The number of phenolic OH excluding ortho intramolecular Hbond substituents is 4. The van der Waals surface area contributed by atoms with Crippen LogP contribution in [0, 0.1) is 0 Å². The second-order valence-electron chi connectivity index (χ2n) is 9.57. The van der Waals surface area contributed by atoms with Crippen LogP contribution in [-0.4, -0.2) is 34.6 Å². The number of phenols is 4. The minimum absolute atomic E-state index is 0.165. The lowest BCUT2D eigenvalue weighted by Gasteiger charge is -2.26. The third-order valence-electron chi connectivity index (χ3n) is 7.11. The van der Waals surface area contributed by atoms with Gasteiger partial charge in [-0.05, 0) is 82.9 Å². The summed E-state index contributed by atoms with van der Waals surface area (Å²) in [5, 5.41) is 39.8. The predicted molar refractivity (Wildman–Crippen MR) is 154 cm³/mol. The van der Waals surface area contributed by atoms with Gasteiger partial charge in [-0.25, -0.2) is 0 Å². The molecule has 0 aliphatic rings. The molecule has 0 unspecified atom stereocenters. The maximum atomic E-state index is 9.94. The fourth-order valence-corrected chi connectivity index (χ4v) is 5.17. The summed E-state index contributed by atoms with van der Waals surface area (Å²) in [5.74, 6) is 1.34. The molecule has 4 N–H and O–H groups in total. The van der Waals surface area contributed by atoms with Crippen LogP contribution >= 0.6 is 0 Å². The van der Waals surface area contributed by atoms with E-state index in [1.54, 1.807) is 62.8 Å². The maximum absolute atomic E-state index is 9.94. The Balaban J connectivity index is 1.73. The van der Waals surface area contributed by atoms with Crippen molar-refractivity contribution in [2.75, 3.05) is 14.2 Å². The van der Waals surface area contributed by atoms with Crippen molar-refractivity contribution in [2.45, 2.75) is 11.8 Å². The van der Waals surface area contributed by atoms with Crippen molar-refractivity contribution in [3.63, 3.8) is 0 Å². The van der Waals surface area contributed by atoms with E-state index in [9.17, 15) is 20.4 Å². The van der Waals surface area contributed by atoms with Gasteiger partial charge in [-0.3, -0.25) is 0 Å². The molecule has 0 saturated heterocycles. The molecule has 0 aromatic heterocycles. The van der Waals surface area contributed by atoms with Gasteiger partial charge >= 0.3 is 0 Å². The SMILES string of the molecule is COc1cc(C(c2ccc(O)cc2)c2ccc(O)cc2)c(OC)cc1C(c1ccc(O)cc1)c1ccc(O)cc1. The molecule has 0 saturated carbocycles. The number of methoxy groups -OCH3 is 2. The number of hydrogen-bond acceptors (Lipinski definition) is 6. The summed E-state index contributed by atoms with van der Waals surface area (Å²) in [5.41, 5.74) is 5.37. The summed E-state index contributed by atoms with van der Waals surface area (Å²) in [6, 6.07) is 32.0. The highest BCUT2D eigenvalue weighted by molar-refractivity contribution is 5.59. The van der Waals surface area contributed by atoms with Crippen LogP contribution in [-0.2, 0) is 0 Å². The van der Waals surface area contributed by atoms with E-state index in [2.05, 4.69) is 0 Å². The zero-order chi connectivity index (χ0) is 28.2. The van der Waals surface area contributed by atoms with Crippen molar-refractivity contribution in [2.24, 2.45) is 0 Å². The Bertz CT molecular complexity index is 1360. The van der Waals surface area contributed by atoms with Gasteiger partial charge in [-0.1, -0.05) is 48.5 Å². The Morgan fingerprint density at radius 1 is 0.400 bits per heavy atom. The van der Waals surface area contributed by atoms with E-state index in [1.165, 1.54) is 0 Å². The van der Waals surface area contributed by atoms with Crippen molar-refractivity contribution >= 4 is 0 Å². The first-order chi connectivity index (χ1) is 19.4. The van der Waals surface area contributed by atoms with Gasteiger partial charge in [0.2, 0.25) is 0 Å². The molecule has 0 spiro atoms. The molecule has 202 valence electrons. The Hall–Kier alpha value is -5.10. The summed E-state index contributed by atoms with van der Waals surface area (Å²) in [7, 11) is 3.24. The average Bonchev–Trinajstić information content (AvgIpc) is 2.97. The van der Waals surface area contributed by atoms with Crippen molar-refractivity contribution in [3.05, 3.63) is 143 Å². The molecule has 5 rings (SSSR count). The highest BCUT2D eigenvalue weighted by Crippen LogP contribution is 2.46. The van der Waals surface area contributed by atoms with Crippen LogP contribution in [0.5, 0.6) is 34.5 Å². The molecule has 40 heavy (non-hydrogen) atoms. The zero-order valence-corrected chi connectivity index (χ0v) is 22.2. The molecular weight excluding hydrogens is 504 g/mol. The first-order valence-electron chi connectivity index (χ1n) is 12.8. The molecule has 6 nitrogen and oxygen atoms in total. The lowest BCUT2D eigenvalue weighted by molar-refractivity contribution is 0.393. The lowest BCUT2D eigenvalue weighted by atomic mass is 9.80. The first kappa shape index (κ1) is 26.5. The topological polar surface area (TPSA) is 99.4 Å². The van der Waals surface area contributed by atoms with E-state index in [4.69, 9.17) is 9.47 Å². The van der Waals surface area contributed by atoms with Crippen LogP contribution in [0.25, 0.3) is 0 Å². The number of rotatable bonds is 8. The highest BCUT2D eigenvalue weighted by atomic mass is 16.5. The molecule has 6 heteroatoms. The molecule has 5 aromatic rings. The smallest absolute Gasteiger partial charge is 0.123 e. The lowest BCUT2D eigenvalue weighted by Crippen LogP contribution is -2.10. The molecule has 0 aliphatic carbocycles. The predicted octanol–water partition coefficient (Wildman–Crippen LogP) is 6.89. The van der Waals surface area contributed by atoms with E-state index >= 15 is 0 Å². The van der Waals surface area contributed by atoms with Crippen LogP contribution in [0.2, 0.25) is 0 Å². The normalized spacial score (nSPS) is 11.1. The summed E-state index contributed by atoms with van der Waals surface area (Å²) in [6.07, 6.45) is 0. The molecule has 0 atom stereocenters. The fraction of sp³-hybridized carbons (Fsp3) is 0.118. The van der Waals surface area contributed by atoms with Crippen molar-refractivity contribution < 1.29 is 29.9 Å². The Morgan fingerprint density at radius 2 is 0.625 bits per heavy atom. The van der Waals surface area contributed by atoms with Crippen LogP contribution in [0.15, 0.2) is 109 Å². The average molecular weight is 535 g/mol. The van der Waals surface area contributed by atoms with Gasteiger partial charge in [-0.2, -0.15) is 0 Å². The van der Waals surface area contributed by atoms with Gasteiger partial charge < -0.3 is 29.9 Å². The molecule has 0 aliphatic heterocycles. The quantitative estimate of drug-likeness (QED) is 0.162. The van der Waals surface area contributed by atoms with Crippen molar-refractivity contribution in [1.82, 2.24) is 0 Å². The molecule has 0 bridgehead atoms.